The molecular formula is C16H24N4O4. The maximum absolute atomic E-state index is 12.3. The Bertz CT molecular complexity index is 672. The summed E-state index contributed by atoms with van der Waals surface area (Å²) in [5, 5.41) is 10.8. The zero-order valence-electron chi connectivity index (χ0n) is 14.9. The number of amides is 1. The molecule has 1 aliphatic rings. The largest absolute Gasteiger partial charge is 0.455 e. The summed E-state index contributed by atoms with van der Waals surface area (Å²) >= 11 is 0. The summed E-state index contributed by atoms with van der Waals surface area (Å²) < 4.78 is 6.92. The van der Waals surface area contributed by atoms with Crippen molar-refractivity contribution in [2.75, 3.05) is 0 Å². The molecule has 0 bridgehead atoms. The maximum atomic E-state index is 12.3. The minimum atomic E-state index is -0.827. The number of carbonyl (C=O) groups excluding carboxylic acids is 2. The van der Waals surface area contributed by atoms with Gasteiger partial charge in [0.2, 0.25) is 6.10 Å². The summed E-state index contributed by atoms with van der Waals surface area (Å²) in [6.07, 6.45) is 1.13. The van der Waals surface area contributed by atoms with Gasteiger partial charge in [0.05, 0.1) is 11.7 Å². The van der Waals surface area contributed by atoms with Crippen molar-refractivity contribution in [3.63, 3.8) is 0 Å². The number of rotatable bonds is 4. The van der Waals surface area contributed by atoms with Crippen LogP contribution in [0.1, 0.15) is 51.4 Å². The molecule has 0 aromatic carbocycles. The Kier molecular flexibility index (Phi) is 4.96. The molecule has 132 valence electrons. The predicted molar refractivity (Wildman–Crippen MR) is 87.3 cm³/mol. The van der Waals surface area contributed by atoms with Crippen LogP contribution in [0, 0.1) is 6.92 Å². The molecule has 8 heteroatoms. The van der Waals surface area contributed by atoms with Crippen LogP contribution in [0.3, 0.4) is 0 Å². The predicted octanol–water partition coefficient (Wildman–Crippen LogP) is 1.39. The zero-order valence-corrected chi connectivity index (χ0v) is 14.9. The monoisotopic (exact) mass is 336 g/mol. The highest BCUT2D eigenvalue weighted by Crippen LogP contribution is 2.19. The lowest BCUT2D eigenvalue weighted by Crippen LogP contribution is -2.37. The highest BCUT2D eigenvalue weighted by atomic mass is 16.7. The van der Waals surface area contributed by atoms with Crippen LogP contribution in [-0.4, -0.2) is 39.1 Å². The Morgan fingerprint density at radius 2 is 2.12 bits per heavy atom. The van der Waals surface area contributed by atoms with E-state index in [0.29, 0.717) is 0 Å². The van der Waals surface area contributed by atoms with Crippen molar-refractivity contribution in [2.24, 2.45) is 12.2 Å². The number of hydrogen-bond donors (Lipinski definition) is 1. The van der Waals surface area contributed by atoms with Gasteiger partial charge in [0.25, 0.3) is 5.91 Å². The number of aromatic nitrogens is 2. The van der Waals surface area contributed by atoms with Gasteiger partial charge >= 0.3 is 5.97 Å². The van der Waals surface area contributed by atoms with E-state index < -0.39 is 17.7 Å². The second-order valence-corrected chi connectivity index (χ2v) is 6.91. The molecule has 2 heterocycles. The smallest absolute Gasteiger partial charge is 0.356 e. The van der Waals surface area contributed by atoms with Gasteiger partial charge in [-0.3, -0.25) is 9.48 Å². The van der Waals surface area contributed by atoms with Crippen molar-refractivity contribution in [3.05, 3.63) is 17.5 Å². The van der Waals surface area contributed by atoms with Gasteiger partial charge in [-0.2, -0.15) is 5.10 Å². The number of esters is 1. The number of hydrogen-bond acceptors (Lipinski definition) is 6. The van der Waals surface area contributed by atoms with Gasteiger partial charge < -0.3 is 14.9 Å². The van der Waals surface area contributed by atoms with Crippen molar-refractivity contribution in [1.29, 1.82) is 0 Å². The second-order valence-electron chi connectivity index (χ2n) is 6.91. The molecular weight excluding hydrogens is 312 g/mol. The van der Waals surface area contributed by atoms with Crippen molar-refractivity contribution in [1.82, 2.24) is 15.1 Å². The molecule has 2 atom stereocenters. The molecule has 24 heavy (non-hydrogen) atoms. The molecule has 0 spiro atoms. The highest BCUT2D eigenvalue weighted by Gasteiger charge is 2.34. The second kappa shape index (κ2) is 6.62. The molecule has 0 radical (unpaired) electrons. The van der Waals surface area contributed by atoms with Crippen molar-refractivity contribution in [3.8, 4) is 0 Å². The van der Waals surface area contributed by atoms with E-state index >= 15 is 0 Å². The number of carbonyl (C=O) groups is 2. The van der Waals surface area contributed by atoms with Crippen molar-refractivity contribution in [2.45, 2.75) is 58.8 Å². The first kappa shape index (κ1) is 18.0. The quantitative estimate of drug-likeness (QED) is 0.839. The van der Waals surface area contributed by atoms with Crippen LogP contribution in [0.2, 0.25) is 0 Å². The van der Waals surface area contributed by atoms with Crippen LogP contribution < -0.4 is 5.32 Å². The molecule has 0 fully saturated rings. The topological polar surface area (TPSA) is 94.8 Å². The maximum Gasteiger partial charge on any atom is 0.356 e. The minimum Gasteiger partial charge on any atom is -0.455 e. The number of nitrogens with one attached hydrogen (secondary N) is 1. The molecule has 0 aliphatic carbocycles. The van der Waals surface area contributed by atoms with Crippen LogP contribution in [-0.2, 0) is 26.2 Å². The molecule has 0 saturated carbocycles. The third-order valence-electron chi connectivity index (χ3n) is 3.47. The first-order valence-electron chi connectivity index (χ1n) is 7.83. The third-order valence-corrected chi connectivity index (χ3v) is 3.47. The average Bonchev–Trinajstić information content (AvgIpc) is 3.03. The minimum absolute atomic E-state index is 0.0967. The Hall–Kier alpha value is -2.38. The fourth-order valence-electron chi connectivity index (χ4n) is 2.40. The molecule has 0 unspecified atom stereocenters. The normalized spacial score (nSPS) is 18.6. The molecule has 1 amide bonds. The van der Waals surface area contributed by atoms with E-state index in [9.17, 15) is 9.59 Å². The van der Waals surface area contributed by atoms with Crippen LogP contribution in [0.5, 0.6) is 0 Å². The lowest BCUT2D eigenvalue weighted by Gasteiger charge is -2.19. The Morgan fingerprint density at radius 1 is 1.46 bits per heavy atom. The number of ether oxygens (including phenoxy) is 1. The molecule has 1 aromatic rings. The summed E-state index contributed by atoms with van der Waals surface area (Å²) in [5.74, 6) is -0.887. The van der Waals surface area contributed by atoms with Crippen LogP contribution >= 0.6 is 0 Å². The van der Waals surface area contributed by atoms with E-state index in [1.54, 1.807) is 25.5 Å². The summed E-state index contributed by atoms with van der Waals surface area (Å²) in [4.78, 5) is 29.3. The Morgan fingerprint density at radius 3 is 2.67 bits per heavy atom. The third kappa shape index (κ3) is 4.33. The van der Waals surface area contributed by atoms with E-state index in [1.165, 1.54) is 0 Å². The Labute approximate surface area is 141 Å². The summed E-state index contributed by atoms with van der Waals surface area (Å²) in [6, 6.07) is -0.222. The van der Waals surface area contributed by atoms with Crippen LogP contribution in [0.4, 0.5) is 0 Å². The summed E-state index contributed by atoms with van der Waals surface area (Å²) in [5.41, 5.74) is 1.28. The lowest BCUT2D eigenvalue weighted by molar-refractivity contribution is -0.146. The summed E-state index contributed by atoms with van der Waals surface area (Å²) in [7, 11) is 1.83. The number of aryl methyl sites for hydroxylation is 2. The standard InChI is InChI=1S/C16H24N4O4/c1-9(11-8-20(6)18-10(11)2)17-14(21)13-7-12(19-24-13)15(22)23-16(3,4)5/h8-9,13H,7H2,1-6H3,(H,17,21)/t9-,13+/m0/s1. The molecule has 1 aliphatic heterocycles. The molecule has 0 saturated heterocycles. The average molecular weight is 336 g/mol. The number of oxime groups is 1. The van der Waals surface area contributed by atoms with E-state index in [0.717, 1.165) is 11.3 Å². The molecule has 8 nitrogen and oxygen atoms in total. The SMILES string of the molecule is Cc1nn(C)cc1[C@H](C)NC(=O)[C@H]1CC(C(=O)OC(C)(C)C)=NO1. The lowest BCUT2D eigenvalue weighted by atomic mass is 10.1. The fourth-order valence-corrected chi connectivity index (χ4v) is 2.40. The molecule has 1 aromatic heterocycles. The van der Waals surface area contributed by atoms with Crippen molar-refractivity contribution < 1.29 is 19.2 Å². The van der Waals surface area contributed by atoms with E-state index in [4.69, 9.17) is 9.57 Å². The van der Waals surface area contributed by atoms with Gasteiger partial charge in [-0.05, 0) is 34.6 Å². The van der Waals surface area contributed by atoms with E-state index in [1.807, 2.05) is 27.1 Å². The van der Waals surface area contributed by atoms with Crippen LogP contribution in [0.25, 0.3) is 0 Å². The molecule has 1 N–H and O–H groups in total. The first-order chi connectivity index (χ1) is 11.1. The van der Waals surface area contributed by atoms with Gasteiger partial charge in [-0.1, -0.05) is 5.16 Å². The van der Waals surface area contributed by atoms with Gasteiger partial charge in [0.1, 0.15) is 5.60 Å². The van der Waals surface area contributed by atoms with Crippen LogP contribution in [0.15, 0.2) is 11.4 Å². The van der Waals surface area contributed by atoms with E-state index in [-0.39, 0.29) is 24.1 Å². The highest BCUT2D eigenvalue weighted by molar-refractivity contribution is 6.37. The Balaban J connectivity index is 1.91. The molecule has 2 rings (SSSR count). The van der Waals surface area contributed by atoms with E-state index in [2.05, 4.69) is 15.6 Å². The zero-order chi connectivity index (χ0) is 18.1. The van der Waals surface area contributed by atoms with Gasteiger partial charge in [0, 0.05) is 25.2 Å². The van der Waals surface area contributed by atoms with Gasteiger partial charge in [-0.15, -0.1) is 0 Å². The number of nitrogens with zero attached hydrogens (tertiary/aromatic N) is 3. The van der Waals surface area contributed by atoms with Gasteiger partial charge in [-0.25, -0.2) is 4.79 Å². The van der Waals surface area contributed by atoms with Crippen molar-refractivity contribution >= 4 is 17.6 Å². The summed E-state index contributed by atoms with van der Waals surface area (Å²) in [6.45, 7) is 9.05. The first-order valence-corrected chi connectivity index (χ1v) is 7.83. The van der Waals surface area contributed by atoms with Gasteiger partial charge in [0.15, 0.2) is 5.71 Å². The fraction of sp³-hybridized carbons (Fsp3) is 0.625.